The molecule has 0 aromatic carbocycles. The third-order valence-corrected chi connectivity index (χ3v) is 2.16. The van der Waals surface area contributed by atoms with Gasteiger partial charge in [-0.1, -0.05) is 23.2 Å². The van der Waals surface area contributed by atoms with Crippen LogP contribution in [0.25, 0.3) is 11.1 Å². The lowest BCUT2D eigenvalue weighted by Crippen LogP contribution is -1.82. The Morgan fingerprint density at radius 1 is 0.857 bits per heavy atom. The van der Waals surface area contributed by atoms with Crippen molar-refractivity contribution in [2.24, 2.45) is 0 Å². The zero-order valence-electron chi connectivity index (χ0n) is 7.11. The second-order valence-electron chi connectivity index (χ2n) is 2.74. The van der Waals surface area contributed by atoms with E-state index in [-0.39, 0.29) is 0 Å². The molecule has 0 spiro atoms. The van der Waals surface area contributed by atoms with Crippen molar-refractivity contribution in [2.75, 3.05) is 0 Å². The highest BCUT2D eigenvalue weighted by atomic mass is 35.5. The first-order chi connectivity index (χ1) is 6.75. The van der Waals surface area contributed by atoms with Crippen molar-refractivity contribution < 1.29 is 0 Å². The molecule has 0 aliphatic heterocycles. The maximum Gasteiger partial charge on any atom is 0.131 e. The van der Waals surface area contributed by atoms with Gasteiger partial charge in [-0.2, -0.15) is 0 Å². The summed E-state index contributed by atoms with van der Waals surface area (Å²) < 4.78 is 0. The van der Waals surface area contributed by atoms with Crippen LogP contribution in [0.15, 0.2) is 36.7 Å². The fraction of sp³-hybridized carbons (Fsp3) is 0. The lowest BCUT2D eigenvalue weighted by molar-refractivity contribution is 1.31. The van der Waals surface area contributed by atoms with Crippen LogP contribution >= 0.6 is 23.2 Å². The predicted octanol–water partition coefficient (Wildman–Crippen LogP) is 3.45. The van der Waals surface area contributed by atoms with Crippen molar-refractivity contribution in [3.63, 3.8) is 0 Å². The summed E-state index contributed by atoms with van der Waals surface area (Å²) in [6, 6.07) is 7.32. The Labute approximate surface area is 91.5 Å². The molecule has 0 bridgehead atoms. The third-order valence-electron chi connectivity index (χ3n) is 1.78. The first-order valence-electron chi connectivity index (χ1n) is 3.99. The van der Waals surface area contributed by atoms with Gasteiger partial charge in [0.15, 0.2) is 0 Å². The number of hydrogen-bond acceptors (Lipinski definition) is 2. The van der Waals surface area contributed by atoms with E-state index in [9.17, 15) is 0 Å². The molecule has 2 rings (SSSR count). The summed E-state index contributed by atoms with van der Waals surface area (Å²) in [5.74, 6) is 0. The maximum absolute atomic E-state index is 5.79. The highest BCUT2D eigenvalue weighted by molar-refractivity contribution is 6.32. The molecule has 0 fully saturated rings. The summed E-state index contributed by atoms with van der Waals surface area (Å²) in [6.07, 6.45) is 3.44. The van der Waals surface area contributed by atoms with E-state index in [1.165, 1.54) is 0 Å². The number of halogens is 2. The maximum atomic E-state index is 5.79. The first-order valence-corrected chi connectivity index (χ1v) is 4.75. The molecule has 0 N–H and O–H groups in total. The molecule has 0 saturated heterocycles. The Morgan fingerprint density at radius 3 is 2.00 bits per heavy atom. The lowest BCUT2D eigenvalue weighted by Gasteiger charge is -2.01. The summed E-state index contributed by atoms with van der Waals surface area (Å²) >= 11 is 11.6. The topological polar surface area (TPSA) is 25.8 Å². The summed E-state index contributed by atoms with van der Waals surface area (Å²) in [6.45, 7) is 0. The van der Waals surface area contributed by atoms with Gasteiger partial charge in [-0.3, -0.25) is 4.98 Å². The van der Waals surface area contributed by atoms with Crippen LogP contribution in [0, 0.1) is 0 Å². The van der Waals surface area contributed by atoms with E-state index >= 15 is 0 Å². The van der Waals surface area contributed by atoms with Crippen molar-refractivity contribution in [1.82, 2.24) is 9.97 Å². The van der Waals surface area contributed by atoms with Crippen LogP contribution in [0.3, 0.4) is 0 Å². The molecule has 4 heteroatoms. The normalized spacial score (nSPS) is 10.1. The van der Waals surface area contributed by atoms with Crippen molar-refractivity contribution in [2.45, 2.75) is 0 Å². The summed E-state index contributed by atoms with van der Waals surface area (Å²) in [4.78, 5) is 7.81. The molecule has 2 heterocycles. The molecule has 0 unspecified atom stereocenters. The Kier molecular flexibility index (Phi) is 2.66. The SMILES string of the molecule is Clc1cc(-c2ccncc2)cc(Cl)n1. The number of nitrogens with zero attached hydrogens (tertiary/aromatic N) is 2. The van der Waals surface area contributed by atoms with Gasteiger partial charge in [-0.25, -0.2) is 4.98 Å². The zero-order valence-corrected chi connectivity index (χ0v) is 8.63. The molecule has 2 nitrogen and oxygen atoms in total. The van der Waals surface area contributed by atoms with Crippen molar-refractivity contribution in [1.29, 1.82) is 0 Å². The van der Waals surface area contributed by atoms with Crippen molar-refractivity contribution >= 4 is 23.2 Å². The molecule has 70 valence electrons. The van der Waals surface area contributed by atoms with Gasteiger partial charge >= 0.3 is 0 Å². The lowest BCUT2D eigenvalue weighted by atomic mass is 10.1. The molecule has 0 atom stereocenters. The van der Waals surface area contributed by atoms with Crippen LogP contribution < -0.4 is 0 Å². The van der Waals surface area contributed by atoms with Crippen molar-refractivity contribution in [3.05, 3.63) is 47.0 Å². The van der Waals surface area contributed by atoms with Crippen LogP contribution in [0.4, 0.5) is 0 Å². The minimum absolute atomic E-state index is 0.393. The van der Waals surface area contributed by atoms with Crippen LogP contribution in [-0.2, 0) is 0 Å². The molecule has 0 saturated carbocycles. The molecule has 0 aliphatic carbocycles. The van der Waals surface area contributed by atoms with E-state index in [4.69, 9.17) is 23.2 Å². The summed E-state index contributed by atoms with van der Waals surface area (Å²) in [5, 5.41) is 0.786. The summed E-state index contributed by atoms with van der Waals surface area (Å²) in [5.41, 5.74) is 1.96. The summed E-state index contributed by atoms with van der Waals surface area (Å²) in [7, 11) is 0. The van der Waals surface area contributed by atoms with E-state index in [1.54, 1.807) is 24.5 Å². The molecule has 0 radical (unpaired) electrons. The van der Waals surface area contributed by atoms with Gasteiger partial charge in [0.2, 0.25) is 0 Å². The number of aromatic nitrogens is 2. The first kappa shape index (κ1) is 9.44. The molecule has 0 amide bonds. The standard InChI is InChI=1S/C10H6Cl2N2/c11-9-5-8(6-10(12)14-9)7-1-3-13-4-2-7/h1-6H. The molecule has 0 aliphatic rings. The largest absolute Gasteiger partial charge is 0.265 e. The Hall–Kier alpha value is -1.12. The van der Waals surface area contributed by atoms with Gasteiger partial charge in [-0.05, 0) is 35.4 Å². The van der Waals surface area contributed by atoms with Gasteiger partial charge in [0.05, 0.1) is 0 Å². The fourth-order valence-corrected chi connectivity index (χ4v) is 1.64. The molecule has 2 aromatic rings. The predicted molar refractivity (Wildman–Crippen MR) is 57.5 cm³/mol. The highest BCUT2D eigenvalue weighted by Crippen LogP contribution is 2.23. The van der Waals surface area contributed by atoms with Gasteiger partial charge in [0.1, 0.15) is 10.3 Å². The van der Waals surface area contributed by atoms with E-state index in [0.29, 0.717) is 10.3 Å². The van der Waals surface area contributed by atoms with E-state index in [2.05, 4.69) is 9.97 Å². The van der Waals surface area contributed by atoms with Crippen LogP contribution in [0.2, 0.25) is 10.3 Å². The Bertz CT molecular complexity index is 423. The van der Waals surface area contributed by atoms with E-state index in [1.807, 2.05) is 12.1 Å². The molecule has 2 aromatic heterocycles. The second kappa shape index (κ2) is 3.95. The monoisotopic (exact) mass is 224 g/mol. The third kappa shape index (κ3) is 2.03. The Morgan fingerprint density at radius 2 is 1.43 bits per heavy atom. The second-order valence-corrected chi connectivity index (χ2v) is 3.51. The molecular formula is C10H6Cl2N2. The Balaban J connectivity index is 2.52. The molecule has 14 heavy (non-hydrogen) atoms. The van der Waals surface area contributed by atoms with Gasteiger partial charge in [-0.15, -0.1) is 0 Å². The van der Waals surface area contributed by atoms with Gasteiger partial charge in [0, 0.05) is 12.4 Å². The number of pyridine rings is 2. The molecular weight excluding hydrogens is 219 g/mol. The van der Waals surface area contributed by atoms with Crippen LogP contribution in [0.5, 0.6) is 0 Å². The average Bonchev–Trinajstić information content (AvgIpc) is 2.18. The van der Waals surface area contributed by atoms with Gasteiger partial charge < -0.3 is 0 Å². The fourth-order valence-electron chi connectivity index (χ4n) is 1.18. The van der Waals surface area contributed by atoms with E-state index in [0.717, 1.165) is 11.1 Å². The van der Waals surface area contributed by atoms with Crippen molar-refractivity contribution in [3.8, 4) is 11.1 Å². The quantitative estimate of drug-likeness (QED) is 0.694. The van der Waals surface area contributed by atoms with Crippen LogP contribution in [-0.4, -0.2) is 9.97 Å². The number of hydrogen-bond donors (Lipinski definition) is 0. The highest BCUT2D eigenvalue weighted by Gasteiger charge is 2.01. The zero-order chi connectivity index (χ0) is 9.97. The van der Waals surface area contributed by atoms with Crippen LogP contribution in [0.1, 0.15) is 0 Å². The van der Waals surface area contributed by atoms with E-state index < -0.39 is 0 Å². The average molecular weight is 225 g/mol. The number of rotatable bonds is 1. The minimum atomic E-state index is 0.393. The van der Waals surface area contributed by atoms with Gasteiger partial charge in [0.25, 0.3) is 0 Å². The smallest absolute Gasteiger partial charge is 0.131 e. The minimum Gasteiger partial charge on any atom is -0.265 e.